The quantitative estimate of drug-likeness (QED) is 0.383. The zero-order valence-electron chi connectivity index (χ0n) is 18.2. The summed E-state index contributed by atoms with van der Waals surface area (Å²) in [7, 11) is 1.21. The number of hydrogen-bond donors (Lipinski definition) is 2. The third-order valence-corrected chi connectivity index (χ3v) is 5.90. The van der Waals surface area contributed by atoms with Gasteiger partial charge in [0.25, 0.3) is 11.5 Å². The molecule has 178 valence electrons. The molecule has 0 saturated heterocycles. The van der Waals surface area contributed by atoms with Crippen molar-refractivity contribution in [1.82, 2.24) is 19.9 Å². The molecule has 1 atom stereocenters. The largest absolute Gasteiger partial charge is 0.467 e. The number of H-pyrrole nitrogens is 1. The highest BCUT2D eigenvalue weighted by Crippen LogP contribution is 2.24. The Labute approximate surface area is 208 Å². The fraction of sp³-hybridized carbons (Fsp3) is 0.125. The Kier molecular flexibility index (Phi) is 6.99. The van der Waals surface area contributed by atoms with Crippen LogP contribution in [0, 0.1) is 0 Å². The van der Waals surface area contributed by atoms with Crippen molar-refractivity contribution in [2.45, 2.75) is 12.5 Å². The monoisotopic (exact) mass is 512 g/mol. The molecule has 0 aliphatic heterocycles. The second kappa shape index (κ2) is 10.1. The van der Waals surface area contributed by atoms with Crippen LogP contribution in [0.25, 0.3) is 16.7 Å². The van der Waals surface area contributed by atoms with E-state index in [4.69, 9.17) is 27.9 Å². The highest BCUT2D eigenvalue weighted by Gasteiger charge is 2.25. The summed E-state index contributed by atoms with van der Waals surface area (Å²) in [4.78, 5) is 57.1. The Morgan fingerprint density at radius 1 is 1.06 bits per heavy atom. The molecule has 2 N–H and O–H groups in total. The van der Waals surface area contributed by atoms with Gasteiger partial charge in [0, 0.05) is 12.6 Å². The predicted molar refractivity (Wildman–Crippen MR) is 131 cm³/mol. The van der Waals surface area contributed by atoms with Crippen molar-refractivity contribution in [3.63, 3.8) is 0 Å². The first kappa shape index (κ1) is 24.2. The first-order valence-corrected chi connectivity index (χ1v) is 11.1. The summed E-state index contributed by atoms with van der Waals surface area (Å²) >= 11 is 12.2. The first-order chi connectivity index (χ1) is 16.8. The number of halogens is 2. The van der Waals surface area contributed by atoms with Gasteiger partial charge in [0.2, 0.25) is 0 Å². The van der Waals surface area contributed by atoms with E-state index < -0.39 is 29.2 Å². The minimum Gasteiger partial charge on any atom is -0.467 e. The Balaban J connectivity index is 1.60. The van der Waals surface area contributed by atoms with E-state index in [0.29, 0.717) is 16.8 Å². The number of nitrogens with zero attached hydrogens (tertiary/aromatic N) is 2. The molecule has 2 aromatic carbocycles. The van der Waals surface area contributed by atoms with Gasteiger partial charge in [-0.2, -0.15) is 0 Å². The topological polar surface area (TPSA) is 123 Å². The number of carbonyl (C=O) groups excluding carboxylic acids is 2. The second-order valence-corrected chi connectivity index (χ2v) is 8.30. The molecular weight excluding hydrogens is 495 g/mol. The van der Waals surface area contributed by atoms with Crippen molar-refractivity contribution < 1.29 is 14.3 Å². The fourth-order valence-electron chi connectivity index (χ4n) is 3.58. The zero-order chi connectivity index (χ0) is 25.1. The number of carbonyl (C=O) groups is 2. The molecule has 0 unspecified atom stereocenters. The van der Waals surface area contributed by atoms with Crippen LogP contribution in [-0.4, -0.2) is 39.6 Å². The number of ether oxygens (including phenoxy) is 1. The van der Waals surface area contributed by atoms with Gasteiger partial charge in [-0.3, -0.25) is 9.59 Å². The summed E-state index contributed by atoms with van der Waals surface area (Å²) in [6.07, 6.45) is 1.54. The van der Waals surface area contributed by atoms with Crippen molar-refractivity contribution in [3.8, 4) is 5.69 Å². The summed E-state index contributed by atoms with van der Waals surface area (Å²) < 4.78 is 5.80. The van der Waals surface area contributed by atoms with E-state index in [-0.39, 0.29) is 27.5 Å². The average molecular weight is 513 g/mol. The van der Waals surface area contributed by atoms with Gasteiger partial charge >= 0.3 is 11.7 Å². The number of amides is 1. The number of benzene rings is 2. The van der Waals surface area contributed by atoms with Crippen LogP contribution in [-0.2, 0) is 16.0 Å². The highest BCUT2D eigenvalue weighted by molar-refractivity contribution is 6.39. The Hall–Kier alpha value is -3.95. The van der Waals surface area contributed by atoms with Crippen molar-refractivity contribution in [3.05, 3.63) is 103 Å². The van der Waals surface area contributed by atoms with Crippen LogP contribution in [0.1, 0.15) is 15.9 Å². The number of methoxy groups -OCH3 is 1. The smallest absolute Gasteiger partial charge is 0.333 e. The second-order valence-electron chi connectivity index (χ2n) is 7.49. The zero-order valence-corrected chi connectivity index (χ0v) is 19.8. The number of fused-ring (bicyclic) bond motifs is 1. The van der Waals surface area contributed by atoms with Gasteiger partial charge in [0.1, 0.15) is 6.04 Å². The van der Waals surface area contributed by atoms with E-state index in [0.717, 1.165) is 4.57 Å². The predicted octanol–water partition coefficient (Wildman–Crippen LogP) is 2.89. The molecule has 0 saturated carbocycles. The van der Waals surface area contributed by atoms with E-state index in [1.807, 2.05) is 0 Å². The van der Waals surface area contributed by atoms with Crippen molar-refractivity contribution in [2.75, 3.05) is 7.11 Å². The molecule has 0 fully saturated rings. The number of nitrogens with one attached hydrogen (secondary N) is 2. The minimum atomic E-state index is -1.04. The lowest BCUT2D eigenvalue weighted by atomic mass is 10.0. The molecular formula is C24H18Cl2N4O5. The molecule has 1 amide bonds. The first-order valence-electron chi connectivity index (χ1n) is 10.3. The standard InChI is InChI=1S/C24H18Cl2N4O5/c1-35-23(33)18(28-21(31)19-15(25)4-2-5-16(19)26)12-13-7-9-14(10-8-13)30-22(32)20-17(29-24(30)34)6-3-11-27-20/h2-11,18H,12H2,1H3,(H,28,31)(H,29,34)/t18-/m0/s1. The molecule has 11 heteroatoms. The Morgan fingerprint density at radius 2 is 1.74 bits per heavy atom. The molecule has 2 heterocycles. The molecule has 9 nitrogen and oxygen atoms in total. The van der Waals surface area contributed by atoms with Gasteiger partial charge < -0.3 is 15.0 Å². The molecule has 35 heavy (non-hydrogen) atoms. The van der Waals surface area contributed by atoms with Gasteiger partial charge in [0.15, 0.2) is 5.52 Å². The molecule has 4 rings (SSSR count). The maximum atomic E-state index is 12.8. The third kappa shape index (κ3) is 4.96. The van der Waals surface area contributed by atoms with E-state index in [9.17, 15) is 19.2 Å². The van der Waals surface area contributed by atoms with Crippen LogP contribution in [0.5, 0.6) is 0 Å². The molecule has 0 radical (unpaired) electrons. The van der Waals surface area contributed by atoms with Crippen molar-refractivity contribution >= 4 is 46.1 Å². The number of hydrogen-bond acceptors (Lipinski definition) is 6. The van der Waals surface area contributed by atoms with Crippen LogP contribution in [0.15, 0.2) is 70.4 Å². The Bertz CT molecular complexity index is 1530. The molecule has 2 aromatic heterocycles. The van der Waals surface area contributed by atoms with Crippen molar-refractivity contribution in [1.29, 1.82) is 0 Å². The minimum absolute atomic E-state index is 0.0450. The number of rotatable bonds is 6. The maximum absolute atomic E-state index is 12.8. The van der Waals surface area contributed by atoms with Crippen LogP contribution in [0.4, 0.5) is 0 Å². The number of aromatic nitrogens is 3. The van der Waals surface area contributed by atoms with Gasteiger partial charge in [-0.15, -0.1) is 0 Å². The summed E-state index contributed by atoms with van der Waals surface area (Å²) in [5, 5.41) is 2.88. The van der Waals surface area contributed by atoms with E-state index >= 15 is 0 Å². The lowest BCUT2D eigenvalue weighted by Crippen LogP contribution is -2.43. The van der Waals surface area contributed by atoms with Crippen molar-refractivity contribution in [2.24, 2.45) is 0 Å². The van der Waals surface area contributed by atoms with Gasteiger partial charge in [-0.05, 0) is 42.0 Å². The molecule has 0 aliphatic rings. The fourth-order valence-corrected chi connectivity index (χ4v) is 4.15. The summed E-state index contributed by atoms with van der Waals surface area (Å²) in [5.41, 5.74) is 0.289. The summed E-state index contributed by atoms with van der Waals surface area (Å²) in [6, 6.07) is 13.2. The molecule has 0 spiro atoms. The molecule has 0 bridgehead atoms. The van der Waals surface area contributed by atoms with E-state index in [1.54, 1.807) is 42.5 Å². The normalized spacial score (nSPS) is 11.7. The SMILES string of the molecule is COC(=O)[C@H](Cc1ccc(-n2c(=O)[nH]c3cccnc3c2=O)cc1)NC(=O)c1c(Cl)cccc1Cl. The van der Waals surface area contributed by atoms with Gasteiger partial charge in [0.05, 0.1) is 33.9 Å². The van der Waals surface area contributed by atoms with Crippen LogP contribution >= 0.6 is 23.2 Å². The van der Waals surface area contributed by atoms with Crippen LogP contribution < -0.4 is 16.6 Å². The van der Waals surface area contributed by atoms with Gasteiger partial charge in [-0.1, -0.05) is 41.4 Å². The van der Waals surface area contributed by atoms with E-state index in [1.165, 1.54) is 25.4 Å². The Morgan fingerprint density at radius 3 is 2.40 bits per heavy atom. The van der Waals surface area contributed by atoms with E-state index in [2.05, 4.69) is 15.3 Å². The number of esters is 1. The molecule has 0 aliphatic carbocycles. The summed E-state index contributed by atoms with van der Waals surface area (Å²) in [5.74, 6) is -1.30. The van der Waals surface area contributed by atoms with Crippen LogP contribution in [0.2, 0.25) is 10.0 Å². The number of aromatic amines is 1. The average Bonchev–Trinajstić information content (AvgIpc) is 2.84. The lowest BCUT2D eigenvalue weighted by Gasteiger charge is -2.18. The maximum Gasteiger partial charge on any atom is 0.333 e. The highest BCUT2D eigenvalue weighted by atomic mass is 35.5. The van der Waals surface area contributed by atoms with Crippen LogP contribution in [0.3, 0.4) is 0 Å². The van der Waals surface area contributed by atoms with Gasteiger partial charge in [-0.25, -0.2) is 19.1 Å². The lowest BCUT2D eigenvalue weighted by molar-refractivity contribution is -0.142. The summed E-state index contributed by atoms with van der Waals surface area (Å²) in [6.45, 7) is 0. The molecule has 4 aromatic rings. The number of pyridine rings is 1. The third-order valence-electron chi connectivity index (χ3n) is 5.27.